The third-order valence-corrected chi connectivity index (χ3v) is 4.36. The van der Waals surface area contributed by atoms with E-state index in [-0.39, 0.29) is 11.6 Å². The van der Waals surface area contributed by atoms with Gasteiger partial charge in [-0.15, -0.1) is 0 Å². The number of rotatable bonds is 5. The van der Waals surface area contributed by atoms with Crippen LogP contribution in [0, 0.1) is 0 Å². The summed E-state index contributed by atoms with van der Waals surface area (Å²) in [4.78, 5) is 2.53. The molecule has 0 saturated carbocycles. The average Bonchev–Trinajstić information content (AvgIpc) is 2.46. The number of nitrogens with one attached hydrogen (secondary N) is 1. The number of hydrogen-bond acceptors (Lipinski definition) is 3. The quantitative estimate of drug-likeness (QED) is 0.892. The molecule has 1 aliphatic rings. The first-order valence-corrected chi connectivity index (χ1v) is 8.23. The van der Waals surface area contributed by atoms with E-state index in [0.29, 0.717) is 6.04 Å². The molecule has 0 aromatic heterocycles. The third-order valence-electron chi connectivity index (χ3n) is 4.36. The molecule has 118 valence electrons. The smallest absolute Gasteiger partial charge is 0.121 e. The fraction of sp³-hybridized carbons (Fsp3) is 0.667. The minimum atomic E-state index is 0.152. The first-order valence-electron chi connectivity index (χ1n) is 8.23. The van der Waals surface area contributed by atoms with Crippen LogP contribution in [-0.2, 0) is 0 Å². The molecule has 0 aliphatic carbocycles. The van der Waals surface area contributed by atoms with E-state index in [2.05, 4.69) is 69.1 Å². The molecular formula is C18H30N2O. The maximum absolute atomic E-state index is 5.97. The van der Waals surface area contributed by atoms with Gasteiger partial charge in [0.15, 0.2) is 0 Å². The predicted molar refractivity (Wildman–Crippen MR) is 90.3 cm³/mol. The van der Waals surface area contributed by atoms with Crippen LogP contribution >= 0.6 is 0 Å². The number of ether oxygens (including phenoxy) is 1. The number of nitrogens with zero attached hydrogens (tertiary/aromatic N) is 1. The van der Waals surface area contributed by atoms with Crippen LogP contribution in [0.5, 0.6) is 5.75 Å². The molecule has 0 spiro atoms. The second kappa shape index (κ2) is 6.69. The molecule has 0 amide bonds. The molecule has 1 heterocycles. The Morgan fingerprint density at radius 2 is 2.14 bits per heavy atom. The van der Waals surface area contributed by atoms with Crippen molar-refractivity contribution in [2.45, 2.75) is 65.1 Å². The van der Waals surface area contributed by atoms with Crippen LogP contribution in [0.3, 0.4) is 0 Å². The molecule has 3 nitrogen and oxygen atoms in total. The molecule has 2 rings (SSSR count). The summed E-state index contributed by atoms with van der Waals surface area (Å²) in [6.07, 6.45) is 2.45. The van der Waals surface area contributed by atoms with Gasteiger partial charge >= 0.3 is 0 Å². The number of anilines is 1. The summed E-state index contributed by atoms with van der Waals surface area (Å²) in [6.45, 7) is 13.1. The largest absolute Gasteiger partial charge is 0.491 e. The lowest BCUT2D eigenvalue weighted by molar-refractivity contribution is 0.217. The maximum atomic E-state index is 5.97. The predicted octanol–water partition coefficient (Wildman–Crippen LogP) is 3.83. The summed E-state index contributed by atoms with van der Waals surface area (Å²) in [7, 11) is 0. The molecule has 1 fully saturated rings. The minimum absolute atomic E-state index is 0.152. The summed E-state index contributed by atoms with van der Waals surface area (Å²) < 4.78 is 5.97. The van der Waals surface area contributed by atoms with Crippen LogP contribution < -0.4 is 15.0 Å². The van der Waals surface area contributed by atoms with Gasteiger partial charge in [0.1, 0.15) is 5.75 Å². The van der Waals surface area contributed by atoms with E-state index in [0.717, 1.165) is 31.7 Å². The van der Waals surface area contributed by atoms with Crippen LogP contribution in [-0.4, -0.2) is 30.8 Å². The van der Waals surface area contributed by atoms with Crippen LogP contribution in [0.2, 0.25) is 0 Å². The zero-order chi connectivity index (χ0) is 15.5. The van der Waals surface area contributed by atoms with E-state index in [1.54, 1.807) is 0 Å². The molecule has 1 aliphatic heterocycles. The highest BCUT2D eigenvalue weighted by Crippen LogP contribution is 2.28. The van der Waals surface area contributed by atoms with Crippen molar-refractivity contribution in [2.75, 3.05) is 18.0 Å². The van der Waals surface area contributed by atoms with Crippen LogP contribution in [0.15, 0.2) is 24.3 Å². The fourth-order valence-electron chi connectivity index (χ4n) is 2.83. The summed E-state index contributed by atoms with van der Waals surface area (Å²) in [5.41, 5.74) is 1.43. The van der Waals surface area contributed by atoms with E-state index in [1.807, 2.05) is 0 Å². The van der Waals surface area contributed by atoms with Gasteiger partial charge in [-0.25, -0.2) is 0 Å². The van der Waals surface area contributed by atoms with Gasteiger partial charge in [0.25, 0.3) is 0 Å². The van der Waals surface area contributed by atoms with Gasteiger partial charge in [-0.2, -0.15) is 0 Å². The van der Waals surface area contributed by atoms with E-state index < -0.39 is 0 Å². The highest BCUT2D eigenvalue weighted by Gasteiger charge is 2.31. The summed E-state index contributed by atoms with van der Waals surface area (Å²) in [5.74, 6) is 0.980. The SMILES string of the molecule is CCC(C)Oc1cccc(N2CC(C)(C)NCC2CC)c1. The van der Waals surface area contributed by atoms with Crippen LogP contribution in [0.4, 0.5) is 5.69 Å². The van der Waals surface area contributed by atoms with Crippen molar-refractivity contribution in [3.63, 3.8) is 0 Å². The highest BCUT2D eigenvalue weighted by molar-refractivity contribution is 5.52. The Bertz CT molecular complexity index is 458. The molecule has 1 aromatic rings. The minimum Gasteiger partial charge on any atom is -0.491 e. The molecule has 21 heavy (non-hydrogen) atoms. The van der Waals surface area contributed by atoms with Gasteiger partial charge in [0, 0.05) is 36.4 Å². The normalized spacial score (nSPS) is 22.9. The Morgan fingerprint density at radius 1 is 1.38 bits per heavy atom. The Labute approximate surface area is 129 Å². The molecule has 0 radical (unpaired) electrons. The van der Waals surface area contributed by atoms with E-state index in [9.17, 15) is 0 Å². The molecular weight excluding hydrogens is 260 g/mol. The second-order valence-corrected chi connectivity index (χ2v) is 6.79. The molecule has 0 bridgehead atoms. The summed E-state index contributed by atoms with van der Waals surface area (Å²) in [6, 6.07) is 9.11. The number of benzene rings is 1. The standard InChI is InChI=1S/C18H30N2O/c1-6-14(3)21-17-10-8-9-16(11-17)20-13-18(4,5)19-12-15(20)7-2/h8-11,14-15,19H,6-7,12-13H2,1-5H3. The molecule has 1 N–H and O–H groups in total. The monoisotopic (exact) mass is 290 g/mol. The zero-order valence-electron chi connectivity index (χ0n) is 14.1. The van der Waals surface area contributed by atoms with Gasteiger partial charge in [-0.3, -0.25) is 0 Å². The van der Waals surface area contributed by atoms with Crippen molar-refractivity contribution >= 4 is 5.69 Å². The van der Waals surface area contributed by atoms with E-state index in [1.165, 1.54) is 5.69 Å². The van der Waals surface area contributed by atoms with E-state index in [4.69, 9.17) is 4.74 Å². The lowest BCUT2D eigenvalue weighted by Crippen LogP contribution is -2.61. The lowest BCUT2D eigenvalue weighted by atomic mass is 9.97. The van der Waals surface area contributed by atoms with Gasteiger partial charge in [-0.1, -0.05) is 19.9 Å². The van der Waals surface area contributed by atoms with Gasteiger partial charge in [0.05, 0.1) is 6.10 Å². The maximum Gasteiger partial charge on any atom is 0.121 e. The van der Waals surface area contributed by atoms with Gasteiger partial charge in [-0.05, 0) is 45.7 Å². The third kappa shape index (κ3) is 4.13. The second-order valence-electron chi connectivity index (χ2n) is 6.79. The average molecular weight is 290 g/mol. The van der Waals surface area contributed by atoms with Crippen molar-refractivity contribution in [1.82, 2.24) is 5.32 Å². The van der Waals surface area contributed by atoms with Crippen molar-refractivity contribution in [2.24, 2.45) is 0 Å². The molecule has 1 saturated heterocycles. The highest BCUT2D eigenvalue weighted by atomic mass is 16.5. The fourth-order valence-corrected chi connectivity index (χ4v) is 2.83. The van der Waals surface area contributed by atoms with Gasteiger partial charge < -0.3 is 15.0 Å². The van der Waals surface area contributed by atoms with Crippen LogP contribution in [0.1, 0.15) is 47.5 Å². The Hall–Kier alpha value is -1.22. The summed E-state index contributed by atoms with van der Waals surface area (Å²) >= 11 is 0. The molecule has 3 heteroatoms. The van der Waals surface area contributed by atoms with Crippen molar-refractivity contribution in [1.29, 1.82) is 0 Å². The first-order chi connectivity index (χ1) is 9.95. The van der Waals surface area contributed by atoms with Gasteiger partial charge in [0.2, 0.25) is 0 Å². The number of hydrogen-bond donors (Lipinski definition) is 1. The zero-order valence-corrected chi connectivity index (χ0v) is 14.1. The first kappa shape index (κ1) is 16.2. The number of piperazine rings is 1. The molecule has 2 atom stereocenters. The Kier molecular flexibility index (Phi) is 5.15. The van der Waals surface area contributed by atoms with Crippen molar-refractivity contribution < 1.29 is 4.74 Å². The van der Waals surface area contributed by atoms with Crippen molar-refractivity contribution in [3.05, 3.63) is 24.3 Å². The molecule has 2 unspecified atom stereocenters. The lowest BCUT2D eigenvalue weighted by Gasteiger charge is -2.46. The van der Waals surface area contributed by atoms with Crippen molar-refractivity contribution in [3.8, 4) is 5.75 Å². The Morgan fingerprint density at radius 3 is 2.81 bits per heavy atom. The van der Waals surface area contributed by atoms with E-state index >= 15 is 0 Å². The topological polar surface area (TPSA) is 24.5 Å². The summed E-state index contributed by atoms with van der Waals surface area (Å²) in [5, 5.41) is 3.64. The van der Waals surface area contributed by atoms with Crippen LogP contribution in [0.25, 0.3) is 0 Å². The Balaban J connectivity index is 2.20. The molecule has 1 aromatic carbocycles.